The lowest BCUT2D eigenvalue weighted by Gasteiger charge is -2.23. The molecule has 1 aromatic rings. The zero-order chi connectivity index (χ0) is 16.6. The third-order valence-corrected chi connectivity index (χ3v) is 2.99. The minimum atomic E-state index is -0.570. The van der Waals surface area contributed by atoms with Crippen molar-refractivity contribution in [2.45, 2.75) is 51.7 Å². The molecule has 0 aliphatic rings. The number of aryl methyl sites for hydroxylation is 1. The molecule has 0 aliphatic heterocycles. The van der Waals surface area contributed by atoms with Crippen LogP contribution in [0.5, 0.6) is 0 Å². The molecule has 1 unspecified atom stereocenters. The number of esters is 1. The summed E-state index contributed by atoms with van der Waals surface area (Å²) in [5.41, 5.74) is 0.586. The van der Waals surface area contributed by atoms with Crippen LogP contribution in [-0.2, 0) is 20.7 Å². The maximum atomic E-state index is 11.9. The van der Waals surface area contributed by atoms with Gasteiger partial charge in [-0.1, -0.05) is 30.3 Å². The summed E-state index contributed by atoms with van der Waals surface area (Å²) >= 11 is 0. The number of nitrogens with one attached hydrogen (secondary N) is 1. The number of ether oxygens (including phenoxy) is 2. The first-order chi connectivity index (χ1) is 10.3. The largest absolute Gasteiger partial charge is 0.469 e. The summed E-state index contributed by atoms with van der Waals surface area (Å²) in [7, 11) is 1.34. The standard InChI is InChI=1S/C17H25NO4/c1-17(2,3)22-16(20)18-14(12-15(19)21-4)11-10-13-8-6-5-7-9-13/h5-9,14H,10-12H2,1-4H3,(H,18,20). The topological polar surface area (TPSA) is 64.6 Å². The second-order valence-electron chi connectivity index (χ2n) is 6.15. The van der Waals surface area contributed by atoms with Gasteiger partial charge in [0.25, 0.3) is 0 Å². The van der Waals surface area contributed by atoms with Crippen molar-refractivity contribution in [3.63, 3.8) is 0 Å². The molecule has 0 saturated heterocycles. The number of amides is 1. The van der Waals surface area contributed by atoms with Crippen molar-refractivity contribution >= 4 is 12.1 Å². The minimum absolute atomic E-state index is 0.128. The lowest BCUT2D eigenvalue weighted by molar-refractivity contribution is -0.141. The normalized spacial score (nSPS) is 12.4. The lowest BCUT2D eigenvalue weighted by Crippen LogP contribution is -2.40. The van der Waals surface area contributed by atoms with E-state index in [0.29, 0.717) is 6.42 Å². The molecule has 0 aromatic heterocycles. The highest BCUT2D eigenvalue weighted by molar-refractivity contribution is 5.72. The Balaban J connectivity index is 2.59. The van der Waals surface area contributed by atoms with E-state index in [2.05, 4.69) is 10.1 Å². The minimum Gasteiger partial charge on any atom is -0.469 e. The number of carbonyl (C=O) groups is 2. The molecule has 0 heterocycles. The quantitative estimate of drug-likeness (QED) is 0.820. The zero-order valence-electron chi connectivity index (χ0n) is 13.7. The van der Waals surface area contributed by atoms with Crippen LogP contribution in [0.15, 0.2) is 30.3 Å². The molecule has 0 radical (unpaired) electrons. The van der Waals surface area contributed by atoms with Crippen LogP contribution in [0, 0.1) is 0 Å². The van der Waals surface area contributed by atoms with Crippen molar-refractivity contribution in [2.24, 2.45) is 0 Å². The van der Waals surface area contributed by atoms with Gasteiger partial charge in [0.15, 0.2) is 0 Å². The first-order valence-electron chi connectivity index (χ1n) is 7.40. The van der Waals surface area contributed by atoms with E-state index in [4.69, 9.17) is 4.74 Å². The highest BCUT2D eigenvalue weighted by Crippen LogP contribution is 2.11. The van der Waals surface area contributed by atoms with Gasteiger partial charge in [-0.3, -0.25) is 4.79 Å². The Labute approximate surface area is 132 Å². The van der Waals surface area contributed by atoms with E-state index in [-0.39, 0.29) is 18.4 Å². The van der Waals surface area contributed by atoms with Gasteiger partial charge >= 0.3 is 12.1 Å². The maximum Gasteiger partial charge on any atom is 0.407 e. The molecule has 1 aromatic carbocycles. The van der Waals surface area contributed by atoms with Gasteiger partial charge in [0, 0.05) is 6.04 Å². The third kappa shape index (κ3) is 7.67. The molecule has 0 spiro atoms. The Morgan fingerprint density at radius 3 is 2.36 bits per heavy atom. The van der Waals surface area contributed by atoms with Gasteiger partial charge in [0.05, 0.1) is 13.5 Å². The number of rotatable bonds is 6. The van der Waals surface area contributed by atoms with E-state index in [9.17, 15) is 9.59 Å². The fourth-order valence-corrected chi connectivity index (χ4v) is 1.97. The van der Waals surface area contributed by atoms with Crippen LogP contribution in [0.25, 0.3) is 0 Å². The lowest BCUT2D eigenvalue weighted by atomic mass is 10.0. The fourth-order valence-electron chi connectivity index (χ4n) is 1.97. The monoisotopic (exact) mass is 307 g/mol. The molecule has 122 valence electrons. The van der Waals surface area contributed by atoms with Crippen molar-refractivity contribution in [2.75, 3.05) is 7.11 Å². The Bertz CT molecular complexity index is 479. The van der Waals surface area contributed by atoms with Crippen LogP contribution in [0.2, 0.25) is 0 Å². The summed E-state index contributed by atoms with van der Waals surface area (Å²) in [6.07, 6.45) is 1.01. The number of hydrogen-bond donors (Lipinski definition) is 1. The average Bonchev–Trinajstić information content (AvgIpc) is 2.43. The van der Waals surface area contributed by atoms with Crippen LogP contribution in [0.1, 0.15) is 39.2 Å². The van der Waals surface area contributed by atoms with Gasteiger partial charge in [-0.15, -0.1) is 0 Å². The predicted octanol–water partition coefficient (Wildman–Crippen LogP) is 3.08. The van der Waals surface area contributed by atoms with E-state index in [0.717, 1.165) is 12.0 Å². The Morgan fingerprint density at radius 2 is 1.82 bits per heavy atom. The van der Waals surface area contributed by atoms with E-state index in [1.807, 2.05) is 30.3 Å². The Kier molecular flexibility index (Phi) is 6.89. The van der Waals surface area contributed by atoms with Gasteiger partial charge in [-0.05, 0) is 39.2 Å². The number of alkyl carbamates (subject to hydrolysis) is 1. The van der Waals surface area contributed by atoms with E-state index >= 15 is 0 Å². The fraction of sp³-hybridized carbons (Fsp3) is 0.529. The number of benzene rings is 1. The van der Waals surface area contributed by atoms with Crippen molar-refractivity contribution in [1.82, 2.24) is 5.32 Å². The van der Waals surface area contributed by atoms with Crippen molar-refractivity contribution in [3.05, 3.63) is 35.9 Å². The molecule has 0 bridgehead atoms. The van der Waals surface area contributed by atoms with Crippen LogP contribution < -0.4 is 5.32 Å². The molecular weight excluding hydrogens is 282 g/mol. The summed E-state index contributed by atoms with van der Waals surface area (Å²) in [4.78, 5) is 23.4. The first kappa shape index (κ1) is 18.0. The Hall–Kier alpha value is -2.04. The average molecular weight is 307 g/mol. The smallest absolute Gasteiger partial charge is 0.407 e. The summed E-state index contributed by atoms with van der Waals surface area (Å²) in [5, 5.41) is 2.75. The highest BCUT2D eigenvalue weighted by Gasteiger charge is 2.21. The van der Waals surface area contributed by atoms with Crippen LogP contribution >= 0.6 is 0 Å². The molecule has 1 amide bonds. The molecule has 0 aliphatic carbocycles. The molecule has 22 heavy (non-hydrogen) atoms. The molecule has 0 saturated carbocycles. The van der Waals surface area contributed by atoms with E-state index < -0.39 is 11.7 Å². The van der Waals surface area contributed by atoms with Gasteiger partial charge in [-0.25, -0.2) is 4.79 Å². The van der Waals surface area contributed by atoms with Crippen LogP contribution in [-0.4, -0.2) is 30.8 Å². The molecular formula is C17H25NO4. The van der Waals surface area contributed by atoms with E-state index in [1.54, 1.807) is 20.8 Å². The summed E-state index contributed by atoms with van der Waals surface area (Å²) in [6, 6.07) is 9.60. The number of methoxy groups -OCH3 is 1. The second kappa shape index (κ2) is 8.41. The van der Waals surface area contributed by atoms with Gasteiger partial charge in [0.2, 0.25) is 0 Å². The van der Waals surface area contributed by atoms with Crippen LogP contribution in [0.4, 0.5) is 4.79 Å². The SMILES string of the molecule is COC(=O)CC(CCc1ccccc1)NC(=O)OC(C)(C)C. The molecule has 5 nitrogen and oxygen atoms in total. The highest BCUT2D eigenvalue weighted by atomic mass is 16.6. The predicted molar refractivity (Wildman–Crippen MR) is 84.6 cm³/mol. The van der Waals surface area contributed by atoms with Gasteiger partial charge < -0.3 is 14.8 Å². The van der Waals surface area contributed by atoms with Crippen molar-refractivity contribution in [1.29, 1.82) is 0 Å². The number of hydrogen-bond acceptors (Lipinski definition) is 4. The van der Waals surface area contributed by atoms with Crippen molar-refractivity contribution in [3.8, 4) is 0 Å². The van der Waals surface area contributed by atoms with Gasteiger partial charge in [0.1, 0.15) is 5.60 Å². The van der Waals surface area contributed by atoms with Crippen molar-refractivity contribution < 1.29 is 19.1 Å². The van der Waals surface area contributed by atoms with Gasteiger partial charge in [-0.2, -0.15) is 0 Å². The van der Waals surface area contributed by atoms with Crippen LogP contribution in [0.3, 0.4) is 0 Å². The summed E-state index contributed by atoms with van der Waals surface area (Å²) < 4.78 is 9.92. The molecule has 5 heteroatoms. The van der Waals surface area contributed by atoms with E-state index in [1.165, 1.54) is 7.11 Å². The number of carbonyl (C=O) groups excluding carboxylic acids is 2. The summed E-state index contributed by atoms with van der Waals surface area (Å²) in [5.74, 6) is -0.353. The molecule has 1 atom stereocenters. The first-order valence-corrected chi connectivity index (χ1v) is 7.40. The third-order valence-electron chi connectivity index (χ3n) is 2.99. The Morgan fingerprint density at radius 1 is 1.18 bits per heavy atom. The second-order valence-corrected chi connectivity index (χ2v) is 6.15. The molecule has 0 fully saturated rings. The molecule has 1 N–H and O–H groups in total. The molecule has 1 rings (SSSR count). The summed E-state index contributed by atoms with van der Waals surface area (Å²) in [6.45, 7) is 5.39. The maximum absolute atomic E-state index is 11.9. The zero-order valence-corrected chi connectivity index (χ0v) is 13.7.